The maximum Gasteiger partial charge on any atom is 0.295 e. The fourth-order valence-corrected chi connectivity index (χ4v) is 1.53. The lowest BCUT2D eigenvalue weighted by Gasteiger charge is -2.09. The molecule has 0 saturated heterocycles. The Hall–Kier alpha value is -2.57. The van der Waals surface area contributed by atoms with Gasteiger partial charge in [-0.1, -0.05) is 12.1 Å². The van der Waals surface area contributed by atoms with Crippen molar-refractivity contribution in [3.63, 3.8) is 0 Å². The third kappa shape index (κ3) is 2.82. The van der Waals surface area contributed by atoms with Crippen LogP contribution in [0.4, 0.5) is 5.95 Å². The van der Waals surface area contributed by atoms with Gasteiger partial charge in [-0.15, -0.1) is 10.2 Å². The summed E-state index contributed by atoms with van der Waals surface area (Å²) >= 11 is 0. The normalized spacial score (nSPS) is 10.2. The van der Waals surface area contributed by atoms with Crippen LogP contribution < -0.4 is 21.5 Å². The molecule has 7 heteroatoms. The molecule has 100 valence electrons. The predicted molar refractivity (Wildman–Crippen MR) is 71.5 cm³/mol. The average molecular weight is 261 g/mol. The standard InChI is InChI=1S/C12H15N5O2/c1-8-11(18)17(13)12(16-15-8)14-7-9-3-5-10(19-2)6-4-9/h3-6H,7,13H2,1-2H3,(H,14,16). The van der Waals surface area contributed by atoms with Gasteiger partial charge in [-0.2, -0.15) is 4.68 Å². The van der Waals surface area contributed by atoms with E-state index in [1.807, 2.05) is 24.3 Å². The summed E-state index contributed by atoms with van der Waals surface area (Å²) in [7, 11) is 1.61. The first kappa shape index (κ1) is 12.9. The molecular weight excluding hydrogens is 246 g/mol. The molecule has 0 aliphatic heterocycles. The van der Waals surface area contributed by atoms with Crippen molar-refractivity contribution in [2.45, 2.75) is 13.5 Å². The van der Waals surface area contributed by atoms with Crippen molar-refractivity contribution in [1.29, 1.82) is 0 Å². The van der Waals surface area contributed by atoms with Crippen LogP contribution in [-0.4, -0.2) is 22.0 Å². The monoisotopic (exact) mass is 261 g/mol. The number of hydrogen-bond donors (Lipinski definition) is 2. The Morgan fingerprint density at radius 3 is 2.63 bits per heavy atom. The van der Waals surface area contributed by atoms with Crippen LogP contribution in [0.3, 0.4) is 0 Å². The molecule has 19 heavy (non-hydrogen) atoms. The zero-order valence-electron chi connectivity index (χ0n) is 10.8. The predicted octanol–water partition coefficient (Wildman–Crippen LogP) is 0.281. The Morgan fingerprint density at radius 2 is 2.00 bits per heavy atom. The van der Waals surface area contributed by atoms with E-state index >= 15 is 0 Å². The maximum absolute atomic E-state index is 11.6. The van der Waals surface area contributed by atoms with E-state index in [1.165, 1.54) is 0 Å². The second-order valence-corrected chi connectivity index (χ2v) is 3.99. The molecule has 7 nitrogen and oxygen atoms in total. The summed E-state index contributed by atoms with van der Waals surface area (Å²) in [6.07, 6.45) is 0. The minimum atomic E-state index is -0.368. The zero-order chi connectivity index (χ0) is 13.8. The number of nitrogen functional groups attached to an aromatic ring is 1. The van der Waals surface area contributed by atoms with Crippen LogP contribution in [0.25, 0.3) is 0 Å². The van der Waals surface area contributed by atoms with E-state index in [4.69, 9.17) is 10.6 Å². The van der Waals surface area contributed by atoms with Crippen molar-refractivity contribution >= 4 is 5.95 Å². The minimum Gasteiger partial charge on any atom is -0.497 e. The van der Waals surface area contributed by atoms with Crippen LogP contribution in [0.5, 0.6) is 5.75 Å². The van der Waals surface area contributed by atoms with Gasteiger partial charge in [-0.3, -0.25) is 4.79 Å². The number of anilines is 1. The number of nitrogens with zero attached hydrogens (tertiary/aromatic N) is 3. The molecule has 1 heterocycles. The molecule has 0 saturated carbocycles. The first-order valence-electron chi connectivity index (χ1n) is 5.70. The Morgan fingerprint density at radius 1 is 1.32 bits per heavy atom. The summed E-state index contributed by atoms with van der Waals surface area (Å²) in [5, 5.41) is 10.5. The van der Waals surface area contributed by atoms with Crippen molar-refractivity contribution in [3.05, 3.63) is 45.9 Å². The van der Waals surface area contributed by atoms with Crippen LogP contribution in [0.1, 0.15) is 11.3 Å². The molecule has 2 rings (SSSR count). The summed E-state index contributed by atoms with van der Waals surface area (Å²) in [5.41, 5.74) is 0.903. The van der Waals surface area contributed by atoms with E-state index < -0.39 is 0 Å². The van der Waals surface area contributed by atoms with Gasteiger partial charge >= 0.3 is 0 Å². The molecular formula is C12H15N5O2. The van der Waals surface area contributed by atoms with Gasteiger partial charge < -0.3 is 15.9 Å². The number of benzene rings is 1. The molecule has 3 N–H and O–H groups in total. The quantitative estimate of drug-likeness (QED) is 0.768. The van der Waals surface area contributed by atoms with Gasteiger partial charge in [-0.05, 0) is 24.6 Å². The minimum absolute atomic E-state index is 0.228. The lowest BCUT2D eigenvalue weighted by Crippen LogP contribution is -2.33. The third-order valence-corrected chi connectivity index (χ3v) is 2.66. The van der Waals surface area contributed by atoms with E-state index in [2.05, 4.69) is 15.5 Å². The Labute approximate surface area is 110 Å². The molecule has 0 spiro atoms. The number of rotatable bonds is 4. The second-order valence-electron chi connectivity index (χ2n) is 3.99. The SMILES string of the molecule is COc1ccc(CNc2nnc(C)c(=O)n2N)cc1. The van der Waals surface area contributed by atoms with Gasteiger partial charge in [0.05, 0.1) is 7.11 Å². The van der Waals surface area contributed by atoms with E-state index in [9.17, 15) is 4.79 Å². The number of nitrogens with two attached hydrogens (primary N) is 1. The lowest BCUT2D eigenvalue weighted by molar-refractivity contribution is 0.414. The van der Waals surface area contributed by atoms with Crippen molar-refractivity contribution in [2.75, 3.05) is 18.3 Å². The number of nitrogens with one attached hydrogen (secondary N) is 1. The van der Waals surface area contributed by atoms with Crippen molar-refractivity contribution in [1.82, 2.24) is 14.9 Å². The highest BCUT2D eigenvalue weighted by atomic mass is 16.5. The summed E-state index contributed by atoms with van der Waals surface area (Å²) < 4.78 is 6.02. The maximum atomic E-state index is 11.6. The topological polar surface area (TPSA) is 95.1 Å². The molecule has 0 unspecified atom stereocenters. The molecule has 0 radical (unpaired) electrons. The van der Waals surface area contributed by atoms with E-state index in [0.29, 0.717) is 6.54 Å². The van der Waals surface area contributed by atoms with Gasteiger partial charge in [0.15, 0.2) is 0 Å². The Balaban J connectivity index is 2.10. The Kier molecular flexibility index (Phi) is 3.65. The third-order valence-electron chi connectivity index (χ3n) is 2.66. The molecule has 0 fully saturated rings. The molecule has 0 bridgehead atoms. The number of methoxy groups -OCH3 is 1. The van der Waals surface area contributed by atoms with Crippen LogP contribution in [0, 0.1) is 6.92 Å². The van der Waals surface area contributed by atoms with Crippen LogP contribution in [0.15, 0.2) is 29.1 Å². The van der Waals surface area contributed by atoms with Crippen LogP contribution >= 0.6 is 0 Å². The van der Waals surface area contributed by atoms with Gasteiger partial charge in [0.2, 0.25) is 5.95 Å². The van der Waals surface area contributed by atoms with Gasteiger partial charge in [0, 0.05) is 6.54 Å². The van der Waals surface area contributed by atoms with Crippen molar-refractivity contribution in [3.8, 4) is 5.75 Å². The van der Waals surface area contributed by atoms with Crippen LogP contribution in [-0.2, 0) is 6.54 Å². The Bertz CT molecular complexity index is 621. The van der Waals surface area contributed by atoms with E-state index in [1.54, 1.807) is 14.0 Å². The van der Waals surface area contributed by atoms with E-state index in [0.717, 1.165) is 16.0 Å². The van der Waals surface area contributed by atoms with Crippen molar-refractivity contribution in [2.24, 2.45) is 0 Å². The van der Waals surface area contributed by atoms with Crippen LogP contribution in [0.2, 0.25) is 0 Å². The van der Waals surface area contributed by atoms with Gasteiger partial charge in [-0.25, -0.2) is 0 Å². The zero-order valence-corrected chi connectivity index (χ0v) is 10.8. The summed E-state index contributed by atoms with van der Waals surface area (Å²) in [6, 6.07) is 7.53. The average Bonchev–Trinajstić information content (AvgIpc) is 2.45. The first-order valence-corrected chi connectivity index (χ1v) is 5.70. The molecule has 0 atom stereocenters. The highest BCUT2D eigenvalue weighted by Gasteiger charge is 2.06. The lowest BCUT2D eigenvalue weighted by atomic mass is 10.2. The number of ether oxygens (including phenoxy) is 1. The van der Waals surface area contributed by atoms with Crippen molar-refractivity contribution < 1.29 is 4.74 Å². The summed E-state index contributed by atoms with van der Waals surface area (Å²) in [5.74, 6) is 6.63. The van der Waals surface area contributed by atoms with Gasteiger partial charge in [0.25, 0.3) is 5.56 Å². The molecule has 0 aliphatic rings. The molecule has 0 aliphatic carbocycles. The molecule has 1 aromatic heterocycles. The summed E-state index contributed by atoms with van der Waals surface area (Å²) in [4.78, 5) is 11.6. The molecule has 1 aromatic carbocycles. The molecule has 2 aromatic rings. The van der Waals surface area contributed by atoms with Gasteiger partial charge in [0.1, 0.15) is 11.4 Å². The molecule has 0 amide bonds. The highest BCUT2D eigenvalue weighted by molar-refractivity contribution is 5.31. The second kappa shape index (κ2) is 5.38. The number of aryl methyl sites for hydroxylation is 1. The fraction of sp³-hybridized carbons (Fsp3) is 0.250. The fourth-order valence-electron chi connectivity index (χ4n) is 1.53. The summed E-state index contributed by atoms with van der Waals surface area (Å²) in [6.45, 7) is 2.05. The van der Waals surface area contributed by atoms with E-state index in [-0.39, 0.29) is 17.2 Å². The highest BCUT2D eigenvalue weighted by Crippen LogP contribution is 2.11. The first-order chi connectivity index (χ1) is 9.11. The number of aromatic nitrogens is 3. The number of hydrogen-bond acceptors (Lipinski definition) is 6. The largest absolute Gasteiger partial charge is 0.497 e. The smallest absolute Gasteiger partial charge is 0.295 e.